The lowest BCUT2D eigenvalue weighted by Crippen LogP contribution is -2.06. The van der Waals surface area contributed by atoms with E-state index in [-0.39, 0.29) is 23.0 Å². The van der Waals surface area contributed by atoms with Gasteiger partial charge in [0.1, 0.15) is 11.5 Å². The number of nitro benzene ring substituents is 1. The predicted molar refractivity (Wildman–Crippen MR) is 83.7 cm³/mol. The molecule has 0 amide bonds. The molecule has 0 atom stereocenters. The Morgan fingerprint density at radius 2 is 2.08 bits per heavy atom. The van der Waals surface area contributed by atoms with Crippen LogP contribution in [-0.2, 0) is 9.53 Å². The Kier molecular flexibility index (Phi) is 3.87. The zero-order valence-electron chi connectivity index (χ0n) is 12.8. The number of furan rings is 1. The van der Waals surface area contributed by atoms with Gasteiger partial charge < -0.3 is 13.9 Å². The van der Waals surface area contributed by atoms with Crippen LogP contribution in [0.5, 0.6) is 5.75 Å². The largest absolute Gasteiger partial charge is 0.490 e. The molecule has 0 unspecified atom stereocenters. The number of cyclic esters (lactones) is 1. The molecule has 0 saturated carbocycles. The van der Waals surface area contributed by atoms with Gasteiger partial charge >= 0.3 is 11.7 Å². The SMILES string of the molecule is COc1ccc(C2=NC(=Cc3ccc(C)o3)C(=O)O2)cc1[N+](=O)[O-]. The molecule has 0 N–H and O–H groups in total. The fourth-order valence-electron chi connectivity index (χ4n) is 2.16. The van der Waals surface area contributed by atoms with Gasteiger partial charge in [-0.25, -0.2) is 9.79 Å². The van der Waals surface area contributed by atoms with Crippen LogP contribution in [0, 0.1) is 17.0 Å². The second-order valence-electron chi connectivity index (χ2n) is 4.93. The maximum atomic E-state index is 11.9. The van der Waals surface area contributed by atoms with Gasteiger partial charge in [-0.15, -0.1) is 0 Å². The molecule has 0 aliphatic carbocycles. The molecular formula is C16H12N2O6. The summed E-state index contributed by atoms with van der Waals surface area (Å²) in [6, 6.07) is 7.63. The Bertz CT molecular complexity index is 894. The number of aryl methyl sites for hydroxylation is 1. The van der Waals surface area contributed by atoms with E-state index >= 15 is 0 Å². The minimum absolute atomic E-state index is 0.0136. The lowest BCUT2D eigenvalue weighted by Gasteiger charge is -2.03. The van der Waals surface area contributed by atoms with Crippen molar-refractivity contribution in [2.75, 3.05) is 7.11 Å². The molecule has 1 aromatic carbocycles. The highest BCUT2D eigenvalue weighted by molar-refractivity contribution is 6.13. The molecule has 24 heavy (non-hydrogen) atoms. The van der Waals surface area contributed by atoms with E-state index < -0.39 is 10.9 Å². The summed E-state index contributed by atoms with van der Waals surface area (Å²) in [6.07, 6.45) is 1.44. The molecule has 2 aromatic rings. The number of carbonyl (C=O) groups is 1. The number of ether oxygens (including phenoxy) is 2. The predicted octanol–water partition coefficient (Wildman–Crippen LogP) is 2.85. The Hall–Kier alpha value is -3.42. The minimum atomic E-state index is -0.655. The molecular weight excluding hydrogens is 316 g/mol. The number of benzene rings is 1. The quantitative estimate of drug-likeness (QED) is 0.370. The summed E-state index contributed by atoms with van der Waals surface area (Å²) in [6.45, 7) is 1.78. The van der Waals surface area contributed by atoms with E-state index in [1.807, 2.05) is 0 Å². The maximum Gasteiger partial charge on any atom is 0.363 e. The van der Waals surface area contributed by atoms with Gasteiger partial charge in [0.15, 0.2) is 11.4 Å². The van der Waals surface area contributed by atoms with E-state index in [2.05, 4.69) is 4.99 Å². The smallest absolute Gasteiger partial charge is 0.363 e. The third-order valence-electron chi connectivity index (χ3n) is 3.28. The monoisotopic (exact) mass is 328 g/mol. The summed E-state index contributed by atoms with van der Waals surface area (Å²) in [5, 5.41) is 11.1. The molecule has 0 spiro atoms. The third kappa shape index (κ3) is 2.89. The fourth-order valence-corrected chi connectivity index (χ4v) is 2.16. The normalized spacial score (nSPS) is 15.3. The average Bonchev–Trinajstić information content (AvgIpc) is 3.13. The summed E-state index contributed by atoms with van der Waals surface area (Å²) in [4.78, 5) is 26.5. The number of carbonyl (C=O) groups excluding carboxylic acids is 1. The second-order valence-corrected chi connectivity index (χ2v) is 4.93. The van der Waals surface area contributed by atoms with E-state index in [4.69, 9.17) is 13.9 Å². The number of hydrogen-bond donors (Lipinski definition) is 0. The molecule has 2 heterocycles. The van der Waals surface area contributed by atoms with Crippen LogP contribution >= 0.6 is 0 Å². The summed E-state index contributed by atoms with van der Waals surface area (Å²) < 4.78 is 15.4. The summed E-state index contributed by atoms with van der Waals surface area (Å²) in [5.41, 5.74) is 0.112. The highest BCUT2D eigenvalue weighted by Gasteiger charge is 2.27. The van der Waals surface area contributed by atoms with Crippen molar-refractivity contribution in [1.29, 1.82) is 0 Å². The van der Waals surface area contributed by atoms with Crippen molar-refractivity contribution >= 4 is 23.6 Å². The Morgan fingerprint density at radius 3 is 2.71 bits per heavy atom. The lowest BCUT2D eigenvalue weighted by atomic mass is 10.2. The minimum Gasteiger partial charge on any atom is -0.490 e. The van der Waals surface area contributed by atoms with Crippen molar-refractivity contribution in [1.82, 2.24) is 0 Å². The van der Waals surface area contributed by atoms with Crippen LogP contribution in [0.3, 0.4) is 0 Å². The lowest BCUT2D eigenvalue weighted by molar-refractivity contribution is -0.385. The van der Waals surface area contributed by atoms with Crippen molar-refractivity contribution in [3.63, 3.8) is 0 Å². The third-order valence-corrected chi connectivity index (χ3v) is 3.28. The molecule has 0 bridgehead atoms. The van der Waals surface area contributed by atoms with Crippen molar-refractivity contribution in [2.45, 2.75) is 6.92 Å². The summed E-state index contributed by atoms with van der Waals surface area (Å²) in [5.74, 6) is 0.599. The van der Waals surface area contributed by atoms with E-state index in [1.165, 1.54) is 31.4 Å². The van der Waals surface area contributed by atoms with Crippen LogP contribution in [0.4, 0.5) is 5.69 Å². The van der Waals surface area contributed by atoms with Crippen molar-refractivity contribution in [3.05, 3.63) is 63.2 Å². The maximum absolute atomic E-state index is 11.9. The molecule has 8 heteroatoms. The molecule has 8 nitrogen and oxygen atoms in total. The number of methoxy groups -OCH3 is 1. The van der Waals surface area contributed by atoms with Crippen molar-refractivity contribution in [2.24, 2.45) is 4.99 Å². The van der Waals surface area contributed by atoms with Gasteiger partial charge in [-0.2, -0.15) is 0 Å². The van der Waals surface area contributed by atoms with E-state index in [0.29, 0.717) is 17.1 Å². The van der Waals surface area contributed by atoms with E-state index in [0.717, 1.165) is 0 Å². The van der Waals surface area contributed by atoms with Crippen LogP contribution < -0.4 is 4.74 Å². The number of esters is 1. The van der Waals surface area contributed by atoms with Gasteiger partial charge in [0, 0.05) is 17.7 Å². The molecule has 1 aliphatic rings. The molecule has 3 rings (SSSR count). The Morgan fingerprint density at radius 1 is 1.29 bits per heavy atom. The second kappa shape index (κ2) is 5.99. The number of rotatable bonds is 4. The molecule has 0 saturated heterocycles. The number of nitrogens with zero attached hydrogens (tertiary/aromatic N) is 2. The number of hydrogen-bond acceptors (Lipinski definition) is 7. The van der Waals surface area contributed by atoms with Gasteiger partial charge in [-0.05, 0) is 31.2 Å². The van der Waals surface area contributed by atoms with Crippen molar-refractivity contribution in [3.8, 4) is 5.75 Å². The highest BCUT2D eigenvalue weighted by Crippen LogP contribution is 2.29. The van der Waals surface area contributed by atoms with Gasteiger partial charge in [0.25, 0.3) is 0 Å². The van der Waals surface area contributed by atoms with Crippen LogP contribution in [-0.4, -0.2) is 23.9 Å². The van der Waals surface area contributed by atoms with Gasteiger partial charge in [0.05, 0.1) is 12.0 Å². The van der Waals surface area contributed by atoms with Crippen molar-refractivity contribution < 1.29 is 23.6 Å². The Labute approximate surface area is 136 Å². The van der Waals surface area contributed by atoms with Crippen LogP contribution in [0.1, 0.15) is 17.1 Å². The summed E-state index contributed by atoms with van der Waals surface area (Å²) in [7, 11) is 1.33. The van der Waals surface area contributed by atoms with E-state index in [9.17, 15) is 14.9 Å². The van der Waals surface area contributed by atoms with Gasteiger partial charge in [-0.1, -0.05) is 0 Å². The molecule has 1 aromatic heterocycles. The zero-order valence-corrected chi connectivity index (χ0v) is 12.8. The van der Waals surface area contributed by atoms with Crippen LogP contribution in [0.25, 0.3) is 6.08 Å². The fraction of sp³-hybridized carbons (Fsp3) is 0.125. The number of aliphatic imine (C=N–C) groups is 1. The first-order chi connectivity index (χ1) is 11.5. The summed E-state index contributed by atoms with van der Waals surface area (Å²) >= 11 is 0. The van der Waals surface area contributed by atoms with Crippen LogP contribution in [0.15, 0.2) is 45.4 Å². The Balaban J connectivity index is 1.97. The molecule has 1 aliphatic heterocycles. The first kappa shape index (κ1) is 15.5. The van der Waals surface area contributed by atoms with E-state index in [1.54, 1.807) is 19.1 Å². The molecule has 0 radical (unpaired) electrons. The van der Waals surface area contributed by atoms with Gasteiger partial charge in [0.2, 0.25) is 5.90 Å². The van der Waals surface area contributed by atoms with Gasteiger partial charge in [-0.3, -0.25) is 10.1 Å². The molecule has 0 fully saturated rings. The zero-order chi connectivity index (χ0) is 17.3. The first-order valence-electron chi connectivity index (χ1n) is 6.90. The average molecular weight is 328 g/mol. The van der Waals surface area contributed by atoms with Crippen LogP contribution in [0.2, 0.25) is 0 Å². The topological polar surface area (TPSA) is 104 Å². The molecule has 122 valence electrons. The standard InChI is InChI=1S/C16H12N2O6/c1-9-3-5-11(23-9)8-12-16(19)24-15(17-12)10-4-6-14(22-2)13(7-10)18(20)21/h3-8H,1-2H3. The highest BCUT2D eigenvalue weighted by atomic mass is 16.6. The first-order valence-corrected chi connectivity index (χ1v) is 6.90. The number of nitro groups is 1.